The number of aryl methyl sites for hydroxylation is 1. The van der Waals surface area contributed by atoms with Crippen molar-refractivity contribution in [2.24, 2.45) is 0 Å². The van der Waals surface area contributed by atoms with Gasteiger partial charge in [-0.05, 0) is 47.7 Å². The van der Waals surface area contributed by atoms with Gasteiger partial charge in [-0.1, -0.05) is 24.3 Å². The Hall–Kier alpha value is -2.20. The molecule has 1 aliphatic rings. The smallest absolute Gasteiger partial charge is 0.251 e. The molecule has 3 nitrogen and oxygen atoms in total. The van der Waals surface area contributed by atoms with Crippen LogP contribution in [0.25, 0.3) is 0 Å². The Morgan fingerprint density at radius 2 is 1.90 bits per heavy atom. The van der Waals surface area contributed by atoms with Crippen molar-refractivity contribution in [2.75, 3.05) is 6.54 Å². The third-order valence-electron chi connectivity index (χ3n) is 3.87. The minimum atomic E-state index is -0.871. The number of hydrogen-bond donors (Lipinski definition) is 2. The molecule has 1 amide bonds. The molecule has 4 heteroatoms. The molecular weight excluding hydrogens is 269 g/mol. The average molecular weight is 285 g/mol. The SMILES string of the molecule is Cc1cc(C(O)c2ccc3c(c2)C(=O)NCC3)ccc1F. The maximum Gasteiger partial charge on any atom is 0.251 e. The lowest BCUT2D eigenvalue weighted by Crippen LogP contribution is -2.31. The minimum Gasteiger partial charge on any atom is -0.384 e. The summed E-state index contributed by atoms with van der Waals surface area (Å²) in [7, 11) is 0. The van der Waals surface area contributed by atoms with Gasteiger partial charge in [-0.2, -0.15) is 0 Å². The zero-order valence-electron chi connectivity index (χ0n) is 11.7. The number of hydrogen-bond acceptors (Lipinski definition) is 2. The van der Waals surface area contributed by atoms with Crippen molar-refractivity contribution in [1.29, 1.82) is 0 Å². The van der Waals surface area contributed by atoms with E-state index in [1.54, 1.807) is 25.1 Å². The highest BCUT2D eigenvalue weighted by Crippen LogP contribution is 2.26. The molecule has 0 saturated carbocycles. The van der Waals surface area contributed by atoms with Crippen LogP contribution in [0, 0.1) is 12.7 Å². The number of aliphatic hydroxyl groups is 1. The number of halogens is 1. The number of carbonyl (C=O) groups excluding carboxylic acids is 1. The maximum absolute atomic E-state index is 13.3. The molecule has 0 aromatic heterocycles. The monoisotopic (exact) mass is 285 g/mol. The van der Waals surface area contributed by atoms with Crippen LogP contribution in [0.1, 0.15) is 38.7 Å². The number of nitrogens with one attached hydrogen (secondary N) is 1. The Labute approximate surface area is 122 Å². The number of fused-ring (bicyclic) bond motifs is 1. The van der Waals surface area contributed by atoms with Crippen molar-refractivity contribution in [1.82, 2.24) is 5.32 Å². The fraction of sp³-hybridized carbons (Fsp3) is 0.235. The quantitative estimate of drug-likeness (QED) is 0.890. The van der Waals surface area contributed by atoms with E-state index < -0.39 is 6.10 Å². The molecular formula is C17H16FNO2. The summed E-state index contributed by atoms with van der Waals surface area (Å²) in [6.07, 6.45) is -0.0723. The Balaban J connectivity index is 1.98. The number of carbonyl (C=O) groups is 1. The van der Waals surface area contributed by atoms with Crippen LogP contribution in [-0.4, -0.2) is 17.6 Å². The maximum atomic E-state index is 13.3. The average Bonchev–Trinajstić information content (AvgIpc) is 2.49. The molecule has 21 heavy (non-hydrogen) atoms. The summed E-state index contributed by atoms with van der Waals surface area (Å²) in [6.45, 7) is 2.30. The van der Waals surface area contributed by atoms with Crippen LogP contribution >= 0.6 is 0 Å². The Kier molecular flexibility index (Phi) is 3.47. The van der Waals surface area contributed by atoms with E-state index in [0.29, 0.717) is 28.8 Å². The summed E-state index contributed by atoms with van der Waals surface area (Å²) in [4.78, 5) is 11.9. The summed E-state index contributed by atoms with van der Waals surface area (Å²) in [5, 5.41) is 13.2. The second-order valence-corrected chi connectivity index (χ2v) is 5.33. The molecule has 1 heterocycles. The lowest BCUT2D eigenvalue weighted by molar-refractivity contribution is 0.0945. The van der Waals surface area contributed by atoms with Crippen molar-refractivity contribution in [3.63, 3.8) is 0 Å². The van der Waals surface area contributed by atoms with Crippen LogP contribution in [0.4, 0.5) is 4.39 Å². The van der Waals surface area contributed by atoms with E-state index in [1.165, 1.54) is 6.07 Å². The highest BCUT2D eigenvalue weighted by Gasteiger charge is 2.19. The lowest BCUT2D eigenvalue weighted by Gasteiger charge is -2.19. The van der Waals surface area contributed by atoms with Gasteiger partial charge in [-0.3, -0.25) is 4.79 Å². The van der Waals surface area contributed by atoms with Crippen LogP contribution in [0.2, 0.25) is 0 Å². The molecule has 2 N–H and O–H groups in total. The van der Waals surface area contributed by atoms with Gasteiger partial charge in [0.1, 0.15) is 11.9 Å². The van der Waals surface area contributed by atoms with E-state index in [0.717, 1.165) is 12.0 Å². The molecule has 0 aliphatic carbocycles. The molecule has 1 unspecified atom stereocenters. The van der Waals surface area contributed by atoms with Crippen molar-refractivity contribution in [2.45, 2.75) is 19.4 Å². The van der Waals surface area contributed by atoms with Crippen molar-refractivity contribution in [3.8, 4) is 0 Å². The van der Waals surface area contributed by atoms with Gasteiger partial charge >= 0.3 is 0 Å². The number of aliphatic hydroxyl groups excluding tert-OH is 1. The first-order chi connectivity index (χ1) is 10.1. The van der Waals surface area contributed by atoms with Gasteiger partial charge in [-0.15, -0.1) is 0 Å². The van der Waals surface area contributed by atoms with Crippen molar-refractivity contribution >= 4 is 5.91 Å². The number of benzene rings is 2. The zero-order chi connectivity index (χ0) is 15.0. The molecule has 0 bridgehead atoms. The molecule has 2 aromatic carbocycles. The molecule has 0 spiro atoms. The summed E-state index contributed by atoms with van der Waals surface area (Å²) >= 11 is 0. The predicted octanol–water partition coefficient (Wildman–Crippen LogP) is 2.50. The van der Waals surface area contributed by atoms with Crippen LogP contribution in [0.3, 0.4) is 0 Å². The minimum absolute atomic E-state index is 0.111. The van der Waals surface area contributed by atoms with Gasteiger partial charge in [0.15, 0.2) is 0 Å². The summed E-state index contributed by atoms with van der Waals surface area (Å²) in [5.74, 6) is -0.406. The highest BCUT2D eigenvalue weighted by molar-refractivity contribution is 5.96. The second-order valence-electron chi connectivity index (χ2n) is 5.33. The normalized spacial score (nSPS) is 15.3. The third kappa shape index (κ3) is 2.54. The van der Waals surface area contributed by atoms with E-state index in [-0.39, 0.29) is 11.7 Å². The Morgan fingerprint density at radius 3 is 2.67 bits per heavy atom. The van der Waals surface area contributed by atoms with E-state index in [1.807, 2.05) is 12.1 Å². The fourth-order valence-electron chi connectivity index (χ4n) is 2.63. The largest absolute Gasteiger partial charge is 0.384 e. The molecule has 0 saturated heterocycles. The third-order valence-corrected chi connectivity index (χ3v) is 3.87. The van der Waals surface area contributed by atoms with E-state index in [2.05, 4.69) is 5.32 Å². The molecule has 3 rings (SSSR count). The molecule has 108 valence electrons. The summed E-state index contributed by atoms with van der Waals surface area (Å²) in [6, 6.07) is 9.95. The molecule has 0 radical (unpaired) electrons. The van der Waals surface area contributed by atoms with Crippen LogP contribution in [0.15, 0.2) is 36.4 Å². The number of amides is 1. The van der Waals surface area contributed by atoms with Crippen LogP contribution in [0.5, 0.6) is 0 Å². The molecule has 1 aliphatic heterocycles. The van der Waals surface area contributed by atoms with E-state index >= 15 is 0 Å². The molecule has 2 aromatic rings. The van der Waals surface area contributed by atoms with Gasteiger partial charge < -0.3 is 10.4 Å². The van der Waals surface area contributed by atoms with Crippen LogP contribution in [-0.2, 0) is 6.42 Å². The first-order valence-corrected chi connectivity index (χ1v) is 6.91. The van der Waals surface area contributed by atoms with Gasteiger partial charge in [0, 0.05) is 12.1 Å². The highest BCUT2D eigenvalue weighted by atomic mass is 19.1. The standard InChI is InChI=1S/C17H16FNO2/c1-10-8-12(4-5-15(10)18)16(20)13-3-2-11-6-7-19-17(21)14(11)9-13/h2-5,8-9,16,20H,6-7H2,1H3,(H,19,21). The predicted molar refractivity (Wildman–Crippen MR) is 77.7 cm³/mol. The van der Waals surface area contributed by atoms with Gasteiger partial charge in [0.05, 0.1) is 0 Å². The van der Waals surface area contributed by atoms with Gasteiger partial charge in [0.25, 0.3) is 5.91 Å². The lowest BCUT2D eigenvalue weighted by atomic mass is 9.93. The van der Waals surface area contributed by atoms with Gasteiger partial charge in [0.2, 0.25) is 0 Å². The summed E-state index contributed by atoms with van der Waals surface area (Å²) < 4.78 is 13.3. The van der Waals surface area contributed by atoms with Crippen molar-refractivity contribution < 1.29 is 14.3 Å². The zero-order valence-corrected chi connectivity index (χ0v) is 11.7. The first-order valence-electron chi connectivity index (χ1n) is 6.91. The van der Waals surface area contributed by atoms with E-state index in [4.69, 9.17) is 0 Å². The van der Waals surface area contributed by atoms with E-state index in [9.17, 15) is 14.3 Å². The Morgan fingerprint density at radius 1 is 1.19 bits per heavy atom. The molecule has 0 fully saturated rings. The van der Waals surface area contributed by atoms with Crippen molar-refractivity contribution in [3.05, 3.63) is 70.0 Å². The molecule has 1 atom stereocenters. The topological polar surface area (TPSA) is 49.3 Å². The van der Waals surface area contributed by atoms with Crippen LogP contribution < -0.4 is 5.32 Å². The fourth-order valence-corrected chi connectivity index (χ4v) is 2.63. The summed E-state index contributed by atoms with van der Waals surface area (Å²) in [5.41, 5.74) is 3.34. The van der Waals surface area contributed by atoms with Gasteiger partial charge in [-0.25, -0.2) is 4.39 Å². The second kappa shape index (κ2) is 5.30. The first kappa shape index (κ1) is 13.8. The number of rotatable bonds is 2. The Bertz CT molecular complexity index is 712.